The van der Waals surface area contributed by atoms with Crippen molar-refractivity contribution in [2.75, 3.05) is 19.6 Å². The van der Waals surface area contributed by atoms with E-state index >= 15 is 0 Å². The van der Waals surface area contributed by atoms with Crippen molar-refractivity contribution in [3.05, 3.63) is 12.4 Å². The zero-order valence-corrected chi connectivity index (χ0v) is 6.81. The van der Waals surface area contributed by atoms with Crippen LogP contribution in [-0.4, -0.2) is 46.7 Å². The van der Waals surface area contributed by atoms with Crippen molar-refractivity contribution in [2.45, 2.75) is 0 Å². The van der Waals surface area contributed by atoms with Gasteiger partial charge in [-0.25, -0.2) is 4.39 Å². The van der Waals surface area contributed by atoms with Gasteiger partial charge in [-0.05, 0) is 6.08 Å². The van der Waals surface area contributed by atoms with Crippen molar-refractivity contribution in [1.29, 1.82) is 0 Å². The third kappa shape index (κ3) is 6.95. The molecule has 0 aliphatic heterocycles. The number of carbonyl (C=O) groups is 2. The van der Waals surface area contributed by atoms with Crippen molar-refractivity contribution in [1.82, 2.24) is 4.90 Å². The first kappa shape index (κ1) is 11.6. The molecule has 0 bridgehead atoms. The van der Waals surface area contributed by atoms with E-state index in [1.807, 2.05) is 0 Å². The Hall–Kier alpha value is -1.43. The van der Waals surface area contributed by atoms with Crippen LogP contribution in [0.4, 0.5) is 4.39 Å². The molecule has 0 unspecified atom stereocenters. The third-order valence-corrected chi connectivity index (χ3v) is 1.17. The Morgan fingerprint density at radius 2 is 1.69 bits per heavy atom. The van der Waals surface area contributed by atoms with Crippen molar-refractivity contribution >= 4 is 11.9 Å². The zero-order chi connectivity index (χ0) is 10.3. The van der Waals surface area contributed by atoms with Crippen LogP contribution in [-0.2, 0) is 9.59 Å². The van der Waals surface area contributed by atoms with Gasteiger partial charge in [0, 0.05) is 6.54 Å². The predicted molar refractivity (Wildman–Crippen MR) is 42.0 cm³/mol. The molecule has 0 rings (SSSR count). The molecule has 0 spiro atoms. The van der Waals surface area contributed by atoms with Gasteiger partial charge in [-0.1, -0.05) is 0 Å². The highest BCUT2D eigenvalue weighted by Crippen LogP contribution is 1.89. The molecule has 0 heterocycles. The lowest BCUT2D eigenvalue weighted by atomic mass is 10.4. The number of carboxylic acid groups (broad SMARTS) is 2. The van der Waals surface area contributed by atoms with Gasteiger partial charge in [0.05, 0.1) is 19.4 Å². The van der Waals surface area contributed by atoms with Crippen LogP contribution in [0.2, 0.25) is 0 Å². The lowest BCUT2D eigenvalue weighted by molar-refractivity contribution is -0.141. The van der Waals surface area contributed by atoms with Gasteiger partial charge >= 0.3 is 11.9 Å². The molecule has 13 heavy (non-hydrogen) atoms. The van der Waals surface area contributed by atoms with Crippen LogP contribution >= 0.6 is 0 Å². The number of halogens is 1. The van der Waals surface area contributed by atoms with E-state index in [0.29, 0.717) is 0 Å². The molecule has 0 saturated heterocycles. The molecule has 6 heteroatoms. The van der Waals surface area contributed by atoms with Crippen molar-refractivity contribution in [2.24, 2.45) is 0 Å². The van der Waals surface area contributed by atoms with Crippen molar-refractivity contribution in [3.63, 3.8) is 0 Å². The van der Waals surface area contributed by atoms with Gasteiger partial charge in [-0.3, -0.25) is 14.5 Å². The highest BCUT2D eigenvalue weighted by Gasteiger charge is 2.11. The average molecular weight is 191 g/mol. The van der Waals surface area contributed by atoms with E-state index in [1.165, 1.54) is 0 Å². The Kier molecular flexibility index (Phi) is 5.45. The van der Waals surface area contributed by atoms with E-state index in [1.54, 1.807) is 0 Å². The summed E-state index contributed by atoms with van der Waals surface area (Å²) >= 11 is 0. The molecule has 0 saturated carbocycles. The second-order valence-electron chi connectivity index (χ2n) is 2.32. The minimum atomic E-state index is -1.14. The molecular weight excluding hydrogens is 181 g/mol. The highest BCUT2D eigenvalue weighted by molar-refractivity contribution is 5.72. The highest BCUT2D eigenvalue weighted by atomic mass is 19.1. The summed E-state index contributed by atoms with van der Waals surface area (Å²) in [7, 11) is 0. The van der Waals surface area contributed by atoms with E-state index in [0.717, 1.165) is 11.0 Å². The molecular formula is C7H10FNO4. The van der Waals surface area contributed by atoms with E-state index in [4.69, 9.17) is 10.2 Å². The monoisotopic (exact) mass is 191 g/mol. The van der Waals surface area contributed by atoms with Crippen LogP contribution < -0.4 is 0 Å². The van der Waals surface area contributed by atoms with Crippen LogP contribution in [0.3, 0.4) is 0 Å². The van der Waals surface area contributed by atoms with Gasteiger partial charge in [0.15, 0.2) is 0 Å². The van der Waals surface area contributed by atoms with Gasteiger partial charge < -0.3 is 10.2 Å². The first-order valence-corrected chi connectivity index (χ1v) is 3.47. The first-order chi connectivity index (χ1) is 6.06. The quantitative estimate of drug-likeness (QED) is 0.615. The van der Waals surface area contributed by atoms with E-state index in [-0.39, 0.29) is 12.9 Å². The minimum absolute atomic E-state index is 0.0326. The molecule has 0 aliphatic carbocycles. The Morgan fingerprint density at radius 1 is 1.23 bits per heavy atom. The number of aliphatic carboxylic acids is 2. The molecule has 74 valence electrons. The average Bonchev–Trinajstić information content (AvgIpc) is 1.98. The van der Waals surface area contributed by atoms with Crippen LogP contribution in [0, 0.1) is 0 Å². The first-order valence-electron chi connectivity index (χ1n) is 3.47. The Bertz CT molecular complexity index is 201. The van der Waals surface area contributed by atoms with Crippen LogP contribution in [0.15, 0.2) is 12.4 Å². The van der Waals surface area contributed by atoms with Crippen molar-refractivity contribution in [3.8, 4) is 0 Å². The summed E-state index contributed by atoms with van der Waals surface area (Å²) in [4.78, 5) is 21.5. The Morgan fingerprint density at radius 3 is 2.00 bits per heavy atom. The second kappa shape index (κ2) is 6.13. The molecule has 0 aromatic heterocycles. The maximum atomic E-state index is 11.5. The summed E-state index contributed by atoms with van der Waals surface area (Å²) in [5.41, 5.74) is 0. The summed E-state index contributed by atoms with van der Waals surface area (Å²) in [6.45, 7) is -0.873. The molecule has 5 nitrogen and oxygen atoms in total. The number of carboxylic acids is 2. The molecule has 2 N–H and O–H groups in total. The fraction of sp³-hybridized carbons (Fsp3) is 0.429. The molecule has 0 radical (unpaired) electrons. The van der Waals surface area contributed by atoms with E-state index in [9.17, 15) is 14.0 Å². The van der Waals surface area contributed by atoms with Crippen molar-refractivity contribution < 1.29 is 24.2 Å². The zero-order valence-electron chi connectivity index (χ0n) is 6.81. The lowest BCUT2D eigenvalue weighted by Crippen LogP contribution is -2.34. The summed E-state index contributed by atoms with van der Waals surface area (Å²) in [5, 5.41) is 16.7. The van der Waals surface area contributed by atoms with Crippen LogP contribution in [0.1, 0.15) is 0 Å². The fourth-order valence-electron chi connectivity index (χ4n) is 0.756. The number of hydrogen-bond donors (Lipinski definition) is 2. The molecule has 0 fully saturated rings. The molecule has 0 aromatic carbocycles. The van der Waals surface area contributed by atoms with Crippen LogP contribution in [0.5, 0.6) is 0 Å². The van der Waals surface area contributed by atoms with Crippen LogP contribution in [0.25, 0.3) is 0 Å². The molecule has 0 aromatic rings. The predicted octanol–water partition coefficient (Wildman–Crippen LogP) is -0.0592. The van der Waals surface area contributed by atoms with E-state index in [2.05, 4.69) is 0 Å². The molecule has 0 atom stereocenters. The largest absolute Gasteiger partial charge is 0.480 e. The van der Waals surface area contributed by atoms with E-state index < -0.39 is 25.0 Å². The third-order valence-electron chi connectivity index (χ3n) is 1.17. The number of nitrogens with zero attached hydrogens (tertiary/aromatic N) is 1. The maximum absolute atomic E-state index is 11.5. The maximum Gasteiger partial charge on any atom is 0.317 e. The van der Waals surface area contributed by atoms with Gasteiger partial charge in [0.2, 0.25) is 0 Å². The number of hydrogen-bond acceptors (Lipinski definition) is 3. The molecule has 0 aliphatic rings. The SMILES string of the molecule is O=C(O)CN(CC=CF)CC(=O)O. The summed E-state index contributed by atoms with van der Waals surface area (Å²) in [5.74, 6) is -2.29. The summed E-state index contributed by atoms with van der Waals surface area (Å²) in [6, 6.07) is 0. The smallest absolute Gasteiger partial charge is 0.317 e. The summed E-state index contributed by atoms with van der Waals surface area (Å²) < 4.78 is 11.5. The molecule has 0 amide bonds. The summed E-state index contributed by atoms with van der Waals surface area (Å²) in [6.07, 6.45) is 1.29. The van der Waals surface area contributed by atoms with Gasteiger partial charge in [0.1, 0.15) is 0 Å². The minimum Gasteiger partial charge on any atom is -0.480 e. The Balaban J connectivity index is 4.01. The van der Waals surface area contributed by atoms with Gasteiger partial charge in [-0.15, -0.1) is 0 Å². The standard InChI is InChI=1S/C7H10FNO4/c8-2-1-3-9(4-6(10)11)5-7(12)13/h1-2H,3-5H2,(H,10,11)(H,12,13). The van der Waals surface area contributed by atoms with Gasteiger partial charge in [0.25, 0.3) is 0 Å². The second-order valence-corrected chi connectivity index (χ2v) is 2.32. The topological polar surface area (TPSA) is 77.8 Å². The lowest BCUT2D eigenvalue weighted by Gasteiger charge is -2.14. The fourth-order valence-corrected chi connectivity index (χ4v) is 0.756. The Labute approximate surface area is 74.1 Å². The van der Waals surface area contributed by atoms with Gasteiger partial charge in [-0.2, -0.15) is 0 Å². The number of rotatable bonds is 6. The normalized spacial score (nSPS) is 10.9.